The van der Waals surface area contributed by atoms with Crippen molar-refractivity contribution < 1.29 is 9.18 Å². The maximum absolute atomic E-state index is 13.8. The third kappa shape index (κ3) is 2.46. The van der Waals surface area contributed by atoms with Gasteiger partial charge >= 0.3 is 0 Å². The first-order valence-electron chi connectivity index (χ1n) is 6.04. The Labute approximate surface area is 106 Å². The van der Waals surface area contributed by atoms with Crippen LogP contribution in [0.1, 0.15) is 30.1 Å². The summed E-state index contributed by atoms with van der Waals surface area (Å²) >= 11 is 0. The highest BCUT2D eigenvalue weighted by Crippen LogP contribution is 2.41. The second kappa shape index (κ2) is 4.57. The Bertz CT molecular complexity index is 473. The number of hydrogen-bond acceptors (Lipinski definition) is 3. The zero-order valence-corrected chi connectivity index (χ0v) is 10.4. The first kappa shape index (κ1) is 12.8. The molecular formula is C13H18FN3O. The summed E-state index contributed by atoms with van der Waals surface area (Å²) in [6.45, 7) is 2.43. The monoisotopic (exact) mass is 251 g/mol. The van der Waals surface area contributed by atoms with Gasteiger partial charge in [-0.05, 0) is 43.9 Å². The van der Waals surface area contributed by atoms with Gasteiger partial charge in [-0.15, -0.1) is 0 Å². The molecule has 0 saturated heterocycles. The van der Waals surface area contributed by atoms with E-state index in [0.29, 0.717) is 18.2 Å². The Balaban J connectivity index is 2.21. The van der Waals surface area contributed by atoms with Crippen molar-refractivity contribution in [2.24, 2.45) is 17.4 Å². The Morgan fingerprint density at radius 3 is 2.67 bits per heavy atom. The van der Waals surface area contributed by atoms with Crippen molar-refractivity contribution >= 4 is 11.6 Å². The molecule has 0 radical (unpaired) electrons. The van der Waals surface area contributed by atoms with E-state index in [4.69, 9.17) is 11.5 Å². The molecule has 18 heavy (non-hydrogen) atoms. The third-order valence-electron chi connectivity index (χ3n) is 3.58. The van der Waals surface area contributed by atoms with E-state index in [1.54, 1.807) is 0 Å². The van der Waals surface area contributed by atoms with Crippen molar-refractivity contribution in [1.29, 1.82) is 0 Å². The summed E-state index contributed by atoms with van der Waals surface area (Å²) in [4.78, 5) is 10.9. The minimum Gasteiger partial charge on any atom is -0.376 e. The van der Waals surface area contributed by atoms with Crippen LogP contribution in [-0.4, -0.2) is 18.0 Å². The van der Waals surface area contributed by atoms with Crippen molar-refractivity contribution in [3.8, 4) is 0 Å². The number of hydrogen-bond donors (Lipinski definition) is 3. The predicted octanol–water partition coefficient (Wildman–Crippen LogP) is 1.46. The number of rotatable bonds is 5. The first-order chi connectivity index (χ1) is 8.46. The molecule has 5 N–H and O–H groups in total. The minimum absolute atomic E-state index is 0.166. The van der Waals surface area contributed by atoms with Crippen LogP contribution in [0.2, 0.25) is 0 Å². The Kier molecular flexibility index (Phi) is 3.26. The van der Waals surface area contributed by atoms with E-state index in [-0.39, 0.29) is 11.1 Å². The summed E-state index contributed by atoms with van der Waals surface area (Å²) in [6, 6.07) is 4.19. The van der Waals surface area contributed by atoms with Crippen LogP contribution in [0.5, 0.6) is 0 Å². The molecule has 0 spiro atoms. The second-order valence-electron chi connectivity index (χ2n) is 5.08. The number of carbonyl (C=O) groups is 1. The van der Waals surface area contributed by atoms with Crippen LogP contribution >= 0.6 is 0 Å². The van der Waals surface area contributed by atoms with Gasteiger partial charge in [0, 0.05) is 17.6 Å². The molecule has 1 aliphatic rings. The van der Waals surface area contributed by atoms with Crippen LogP contribution in [0.25, 0.3) is 0 Å². The molecule has 4 nitrogen and oxygen atoms in total. The average Bonchev–Trinajstić information content (AvgIpc) is 3.15. The summed E-state index contributed by atoms with van der Waals surface area (Å²) < 4.78 is 13.8. The van der Waals surface area contributed by atoms with E-state index in [9.17, 15) is 9.18 Å². The quantitative estimate of drug-likeness (QED) is 0.741. The number of amides is 1. The number of nitrogens with two attached hydrogens (primary N) is 2. The lowest BCUT2D eigenvalue weighted by molar-refractivity contribution is 0.1000. The minimum atomic E-state index is -0.635. The van der Waals surface area contributed by atoms with E-state index >= 15 is 0 Å². The molecule has 0 bridgehead atoms. The van der Waals surface area contributed by atoms with Gasteiger partial charge in [-0.3, -0.25) is 4.79 Å². The molecule has 0 heterocycles. The van der Waals surface area contributed by atoms with Gasteiger partial charge in [-0.25, -0.2) is 4.39 Å². The topological polar surface area (TPSA) is 81.1 Å². The van der Waals surface area contributed by atoms with Gasteiger partial charge in [0.2, 0.25) is 5.91 Å². The Morgan fingerprint density at radius 1 is 1.56 bits per heavy atom. The molecule has 1 unspecified atom stereocenters. The molecule has 1 fully saturated rings. The van der Waals surface area contributed by atoms with E-state index in [2.05, 4.69) is 5.32 Å². The zero-order chi connectivity index (χ0) is 13.3. The molecular weight excluding hydrogens is 233 g/mol. The number of primary amides is 1. The summed E-state index contributed by atoms with van der Waals surface area (Å²) in [6.07, 6.45) is 2.23. The van der Waals surface area contributed by atoms with Gasteiger partial charge in [0.25, 0.3) is 0 Å². The smallest absolute Gasteiger partial charge is 0.248 e. The highest BCUT2D eigenvalue weighted by molar-refractivity contribution is 5.93. The van der Waals surface area contributed by atoms with Crippen LogP contribution < -0.4 is 16.8 Å². The summed E-state index contributed by atoms with van der Waals surface area (Å²) in [5.74, 6) is -0.631. The van der Waals surface area contributed by atoms with Gasteiger partial charge in [0.05, 0.1) is 5.69 Å². The molecule has 1 amide bonds. The molecule has 0 aromatic heterocycles. The Hall–Kier alpha value is -1.62. The summed E-state index contributed by atoms with van der Waals surface area (Å²) in [7, 11) is 0. The lowest BCUT2D eigenvalue weighted by atomic mass is 9.95. The molecule has 2 rings (SSSR count). The van der Waals surface area contributed by atoms with Crippen LogP contribution in [-0.2, 0) is 0 Å². The van der Waals surface area contributed by atoms with Gasteiger partial charge < -0.3 is 16.8 Å². The molecule has 1 aromatic carbocycles. The van der Waals surface area contributed by atoms with Crippen molar-refractivity contribution in [3.63, 3.8) is 0 Å². The number of carbonyl (C=O) groups excluding carboxylic acids is 1. The fourth-order valence-corrected chi connectivity index (χ4v) is 2.12. The van der Waals surface area contributed by atoms with Crippen LogP contribution in [0.4, 0.5) is 10.1 Å². The maximum Gasteiger partial charge on any atom is 0.248 e. The second-order valence-corrected chi connectivity index (χ2v) is 5.08. The van der Waals surface area contributed by atoms with Crippen molar-refractivity contribution in [3.05, 3.63) is 29.6 Å². The molecule has 0 aliphatic heterocycles. The lowest BCUT2D eigenvalue weighted by Crippen LogP contribution is -2.44. The van der Waals surface area contributed by atoms with Crippen LogP contribution in [0.15, 0.2) is 18.2 Å². The normalized spacial score (nSPS) is 18.2. The van der Waals surface area contributed by atoms with Crippen LogP contribution in [0.3, 0.4) is 0 Å². The van der Waals surface area contributed by atoms with E-state index in [1.807, 2.05) is 6.92 Å². The fourth-order valence-electron chi connectivity index (χ4n) is 2.12. The van der Waals surface area contributed by atoms with E-state index in [0.717, 1.165) is 18.9 Å². The third-order valence-corrected chi connectivity index (χ3v) is 3.58. The molecule has 98 valence electrons. The van der Waals surface area contributed by atoms with Crippen LogP contribution in [0, 0.1) is 11.7 Å². The molecule has 5 heteroatoms. The van der Waals surface area contributed by atoms with Crippen molar-refractivity contribution in [1.82, 2.24) is 0 Å². The number of halogens is 1. The predicted molar refractivity (Wildman–Crippen MR) is 68.7 cm³/mol. The van der Waals surface area contributed by atoms with Crippen molar-refractivity contribution in [2.75, 3.05) is 11.9 Å². The van der Waals surface area contributed by atoms with Gasteiger partial charge in [-0.2, -0.15) is 0 Å². The lowest BCUT2D eigenvalue weighted by Gasteiger charge is -2.31. The SMILES string of the molecule is CC(CN)(Nc1ccc(C(N)=O)cc1F)C1CC1. The fraction of sp³-hybridized carbons (Fsp3) is 0.462. The largest absolute Gasteiger partial charge is 0.376 e. The van der Waals surface area contributed by atoms with Gasteiger partial charge in [0.15, 0.2) is 0 Å². The first-order valence-corrected chi connectivity index (χ1v) is 6.04. The van der Waals surface area contributed by atoms with E-state index in [1.165, 1.54) is 12.1 Å². The highest BCUT2D eigenvalue weighted by Gasteiger charge is 2.40. The van der Waals surface area contributed by atoms with E-state index < -0.39 is 11.7 Å². The van der Waals surface area contributed by atoms with Crippen molar-refractivity contribution in [2.45, 2.75) is 25.3 Å². The summed E-state index contributed by atoms with van der Waals surface area (Å²) in [5, 5.41) is 3.15. The molecule has 1 aromatic rings. The average molecular weight is 251 g/mol. The number of anilines is 1. The van der Waals surface area contributed by atoms with Gasteiger partial charge in [-0.1, -0.05) is 0 Å². The number of benzene rings is 1. The molecule has 1 saturated carbocycles. The number of nitrogens with one attached hydrogen (secondary N) is 1. The Morgan fingerprint density at radius 2 is 2.22 bits per heavy atom. The molecule has 1 atom stereocenters. The zero-order valence-electron chi connectivity index (χ0n) is 10.4. The van der Waals surface area contributed by atoms with Gasteiger partial charge in [0.1, 0.15) is 5.82 Å². The standard InChI is InChI=1S/C13H18FN3O/c1-13(7-15,9-3-4-9)17-11-5-2-8(12(16)18)6-10(11)14/h2,5-6,9,17H,3-4,7,15H2,1H3,(H2,16,18). The maximum atomic E-state index is 13.8. The molecule has 1 aliphatic carbocycles. The summed E-state index contributed by atoms with van der Waals surface area (Å²) in [5.41, 5.74) is 11.1. The highest BCUT2D eigenvalue weighted by atomic mass is 19.1.